The molecule has 0 unspecified atom stereocenters. The third-order valence-electron chi connectivity index (χ3n) is 2.06. The van der Waals surface area contributed by atoms with Crippen LogP contribution in [0.4, 0.5) is 0 Å². The number of hydrogen-bond donors (Lipinski definition) is 0. The molecule has 0 fully saturated rings. The molecule has 0 aromatic rings. The molecule has 0 heterocycles. The van der Waals surface area contributed by atoms with Gasteiger partial charge in [-0.05, 0) is 24.0 Å². The van der Waals surface area contributed by atoms with Gasteiger partial charge in [-0.3, -0.25) is 4.79 Å². The number of allylic oxidation sites excluding steroid dienone is 4. The lowest BCUT2D eigenvalue weighted by molar-refractivity contribution is -0.115. The van der Waals surface area contributed by atoms with Crippen LogP contribution in [0.3, 0.4) is 0 Å². The van der Waals surface area contributed by atoms with Gasteiger partial charge in [0.2, 0.25) is 0 Å². The van der Waals surface area contributed by atoms with Gasteiger partial charge in [-0.1, -0.05) is 26.0 Å². The van der Waals surface area contributed by atoms with Crippen LogP contribution in [0, 0.1) is 5.41 Å². The Balaban J connectivity index is 2.92. The van der Waals surface area contributed by atoms with Gasteiger partial charge in [0.1, 0.15) is 0 Å². The lowest BCUT2D eigenvalue weighted by atomic mass is 9.85. The summed E-state index contributed by atoms with van der Waals surface area (Å²) in [5, 5.41) is 0. The standard InChI is InChI=1S/C10H14O/c1-4-5-8-6-9(11)7-10(8,2)3/h4-6H,7H2,1-3H3/b5-4+. The first kappa shape index (κ1) is 8.25. The molecule has 11 heavy (non-hydrogen) atoms. The van der Waals surface area contributed by atoms with Crippen molar-refractivity contribution in [1.82, 2.24) is 0 Å². The van der Waals surface area contributed by atoms with Crippen LogP contribution in [0.25, 0.3) is 0 Å². The van der Waals surface area contributed by atoms with Crippen LogP contribution in [0.5, 0.6) is 0 Å². The molecule has 1 heteroatoms. The molecule has 0 spiro atoms. The van der Waals surface area contributed by atoms with Gasteiger partial charge in [-0.25, -0.2) is 0 Å². The van der Waals surface area contributed by atoms with E-state index < -0.39 is 0 Å². The lowest BCUT2D eigenvalue weighted by Gasteiger charge is -2.18. The molecule has 0 radical (unpaired) electrons. The molecule has 0 aromatic carbocycles. The van der Waals surface area contributed by atoms with Crippen LogP contribution < -0.4 is 0 Å². The van der Waals surface area contributed by atoms with Gasteiger partial charge in [0.25, 0.3) is 0 Å². The third kappa shape index (κ3) is 1.59. The van der Waals surface area contributed by atoms with E-state index in [0.717, 1.165) is 5.57 Å². The molecule has 0 saturated heterocycles. The fourth-order valence-corrected chi connectivity index (χ4v) is 1.41. The van der Waals surface area contributed by atoms with Crippen molar-refractivity contribution in [3.05, 3.63) is 23.8 Å². The van der Waals surface area contributed by atoms with Gasteiger partial charge < -0.3 is 0 Å². The maximum atomic E-state index is 11.0. The molecule has 1 aliphatic rings. The molecule has 0 aromatic heterocycles. The van der Waals surface area contributed by atoms with E-state index in [0.29, 0.717) is 6.42 Å². The van der Waals surface area contributed by atoms with E-state index in [-0.39, 0.29) is 11.2 Å². The van der Waals surface area contributed by atoms with E-state index in [9.17, 15) is 4.79 Å². The zero-order valence-corrected chi connectivity index (χ0v) is 7.35. The van der Waals surface area contributed by atoms with Crippen LogP contribution >= 0.6 is 0 Å². The number of carbonyl (C=O) groups is 1. The van der Waals surface area contributed by atoms with Crippen molar-refractivity contribution in [1.29, 1.82) is 0 Å². The second kappa shape index (κ2) is 2.65. The SMILES string of the molecule is C/C=C/C1=CC(=O)CC1(C)C. The molecular weight excluding hydrogens is 136 g/mol. The van der Waals surface area contributed by atoms with E-state index in [4.69, 9.17) is 0 Å². The summed E-state index contributed by atoms with van der Waals surface area (Å²) in [6.07, 6.45) is 6.41. The maximum Gasteiger partial charge on any atom is 0.156 e. The monoisotopic (exact) mass is 150 g/mol. The number of rotatable bonds is 1. The van der Waals surface area contributed by atoms with E-state index >= 15 is 0 Å². The smallest absolute Gasteiger partial charge is 0.156 e. The van der Waals surface area contributed by atoms with Crippen molar-refractivity contribution < 1.29 is 4.79 Å². The molecule has 0 bridgehead atoms. The van der Waals surface area contributed by atoms with Crippen molar-refractivity contribution in [2.75, 3.05) is 0 Å². The molecule has 1 aliphatic carbocycles. The molecule has 0 amide bonds. The first-order valence-corrected chi connectivity index (χ1v) is 3.94. The fourth-order valence-electron chi connectivity index (χ4n) is 1.41. The molecule has 0 aliphatic heterocycles. The quantitative estimate of drug-likeness (QED) is 0.561. The predicted octanol–water partition coefficient (Wildman–Crippen LogP) is 2.49. The van der Waals surface area contributed by atoms with Crippen LogP contribution in [-0.4, -0.2) is 5.78 Å². The second-order valence-electron chi connectivity index (χ2n) is 3.63. The van der Waals surface area contributed by atoms with Gasteiger partial charge >= 0.3 is 0 Å². The Labute approximate surface area is 67.8 Å². The van der Waals surface area contributed by atoms with Gasteiger partial charge in [-0.15, -0.1) is 0 Å². The van der Waals surface area contributed by atoms with E-state index in [1.165, 1.54) is 0 Å². The summed E-state index contributed by atoms with van der Waals surface area (Å²) in [7, 11) is 0. The van der Waals surface area contributed by atoms with Crippen molar-refractivity contribution >= 4 is 5.78 Å². The fraction of sp³-hybridized carbons (Fsp3) is 0.500. The average molecular weight is 150 g/mol. The van der Waals surface area contributed by atoms with Crippen LogP contribution in [0.15, 0.2) is 23.8 Å². The van der Waals surface area contributed by atoms with Gasteiger partial charge in [-0.2, -0.15) is 0 Å². The number of carbonyl (C=O) groups excluding carboxylic acids is 1. The second-order valence-corrected chi connectivity index (χ2v) is 3.63. The lowest BCUT2D eigenvalue weighted by Crippen LogP contribution is -2.09. The Hall–Kier alpha value is -0.850. The number of hydrogen-bond acceptors (Lipinski definition) is 1. The minimum absolute atomic E-state index is 0.0591. The first-order valence-electron chi connectivity index (χ1n) is 3.94. The maximum absolute atomic E-state index is 11.0. The van der Waals surface area contributed by atoms with Gasteiger partial charge in [0.05, 0.1) is 0 Å². The summed E-state index contributed by atoms with van der Waals surface area (Å²) in [4.78, 5) is 11.0. The van der Waals surface area contributed by atoms with Crippen molar-refractivity contribution in [2.45, 2.75) is 27.2 Å². The van der Waals surface area contributed by atoms with E-state index in [2.05, 4.69) is 13.8 Å². The minimum Gasteiger partial charge on any atom is -0.295 e. The van der Waals surface area contributed by atoms with E-state index in [1.807, 2.05) is 19.1 Å². The highest BCUT2D eigenvalue weighted by molar-refractivity contribution is 5.94. The summed E-state index contributed by atoms with van der Waals surface area (Å²) < 4.78 is 0. The Kier molecular flexibility index (Phi) is 1.99. The molecule has 0 N–H and O–H groups in total. The summed E-state index contributed by atoms with van der Waals surface area (Å²) in [5.74, 6) is 0.253. The Morgan fingerprint density at radius 3 is 2.55 bits per heavy atom. The van der Waals surface area contributed by atoms with Gasteiger partial charge in [0, 0.05) is 6.42 Å². The summed E-state index contributed by atoms with van der Waals surface area (Å²) >= 11 is 0. The molecule has 1 rings (SSSR count). The van der Waals surface area contributed by atoms with Crippen molar-refractivity contribution in [3.63, 3.8) is 0 Å². The largest absolute Gasteiger partial charge is 0.295 e. The molecule has 60 valence electrons. The normalized spacial score (nSPS) is 22.8. The number of ketones is 1. The zero-order chi connectivity index (χ0) is 8.48. The predicted molar refractivity (Wildman–Crippen MR) is 46.3 cm³/mol. The molecular formula is C10H14O. The summed E-state index contributed by atoms with van der Waals surface area (Å²) in [6.45, 7) is 6.17. The summed E-state index contributed by atoms with van der Waals surface area (Å²) in [5.41, 5.74) is 1.22. The Morgan fingerprint density at radius 1 is 1.55 bits per heavy atom. The topological polar surface area (TPSA) is 17.1 Å². The highest BCUT2D eigenvalue weighted by Crippen LogP contribution is 2.36. The molecule has 0 atom stereocenters. The Morgan fingerprint density at radius 2 is 2.18 bits per heavy atom. The Bertz CT molecular complexity index is 231. The average Bonchev–Trinajstić information content (AvgIpc) is 2.07. The molecule has 0 saturated carbocycles. The first-order chi connectivity index (χ1) is 5.06. The van der Waals surface area contributed by atoms with Crippen molar-refractivity contribution in [3.8, 4) is 0 Å². The highest BCUT2D eigenvalue weighted by Gasteiger charge is 2.30. The summed E-state index contributed by atoms with van der Waals surface area (Å²) in [6, 6.07) is 0. The van der Waals surface area contributed by atoms with Crippen molar-refractivity contribution in [2.24, 2.45) is 5.41 Å². The van der Waals surface area contributed by atoms with Gasteiger partial charge in [0.15, 0.2) is 5.78 Å². The molecule has 1 nitrogen and oxygen atoms in total. The van der Waals surface area contributed by atoms with Crippen LogP contribution in [0.2, 0.25) is 0 Å². The zero-order valence-electron chi connectivity index (χ0n) is 7.35. The van der Waals surface area contributed by atoms with Crippen LogP contribution in [-0.2, 0) is 4.79 Å². The highest BCUT2D eigenvalue weighted by atomic mass is 16.1. The van der Waals surface area contributed by atoms with E-state index in [1.54, 1.807) is 6.08 Å². The van der Waals surface area contributed by atoms with Crippen LogP contribution in [0.1, 0.15) is 27.2 Å². The third-order valence-corrected chi connectivity index (χ3v) is 2.06. The minimum atomic E-state index is 0.0591.